The molecule has 0 fully saturated rings. The number of nitriles is 1. The number of aromatic nitrogens is 1. The molecule has 0 saturated heterocycles. The zero-order chi connectivity index (χ0) is 16.1. The molecule has 22 heavy (non-hydrogen) atoms. The van der Waals surface area contributed by atoms with Crippen LogP contribution in [0.15, 0.2) is 29.8 Å². The number of nitrogens with one attached hydrogen (secondary N) is 1. The van der Waals surface area contributed by atoms with Crippen molar-refractivity contribution in [2.75, 3.05) is 6.61 Å². The molecule has 0 saturated carbocycles. The minimum absolute atomic E-state index is 0.168. The summed E-state index contributed by atoms with van der Waals surface area (Å²) >= 11 is 0. The van der Waals surface area contributed by atoms with Gasteiger partial charge in [-0.05, 0) is 25.1 Å². The van der Waals surface area contributed by atoms with Gasteiger partial charge in [0.25, 0.3) is 0 Å². The normalized spacial score (nSPS) is 11.0. The van der Waals surface area contributed by atoms with Crippen molar-refractivity contribution in [1.82, 2.24) is 4.98 Å². The lowest BCUT2D eigenvalue weighted by Gasteiger charge is -2.02. The molecule has 0 unspecified atom stereocenters. The van der Waals surface area contributed by atoms with Crippen LogP contribution in [0.2, 0.25) is 0 Å². The van der Waals surface area contributed by atoms with E-state index >= 15 is 0 Å². The number of carbonyl (C=O) groups excluding carboxylic acids is 2. The Morgan fingerprint density at radius 2 is 2.09 bits per heavy atom. The minimum atomic E-state index is -0.725. The third-order valence-corrected chi connectivity index (χ3v) is 2.84. The van der Waals surface area contributed by atoms with Gasteiger partial charge in [0.1, 0.15) is 11.6 Å². The van der Waals surface area contributed by atoms with Crippen LogP contribution in [-0.4, -0.2) is 23.5 Å². The van der Waals surface area contributed by atoms with Crippen LogP contribution >= 0.6 is 0 Å². The topological polar surface area (TPSA) is 92.2 Å². The minimum Gasteiger partial charge on any atom is -0.462 e. The fourth-order valence-corrected chi connectivity index (χ4v) is 1.98. The van der Waals surface area contributed by atoms with Crippen molar-refractivity contribution in [2.45, 2.75) is 13.8 Å². The van der Waals surface area contributed by atoms with Crippen LogP contribution in [0.3, 0.4) is 0 Å². The van der Waals surface area contributed by atoms with Gasteiger partial charge in [0.15, 0.2) is 5.75 Å². The van der Waals surface area contributed by atoms with Crippen LogP contribution in [0.1, 0.15) is 19.5 Å². The Bertz CT molecular complexity index is 796. The van der Waals surface area contributed by atoms with Gasteiger partial charge >= 0.3 is 11.9 Å². The second-order valence-electron chi connectivity index (χ2n) is 4.40. The van der Waals surface area contributed by atoms with Gasteiger partial charge in [-0.1, -0.05) is 12.1 Å². The van der Waals surface area contributed by atoms with Gasteiger partial charge in [0.2, 0.25) is 0 Å². The maximum Gasteiger partial charge on any atom is 0.348 e. The number of nitrogens with zero attached hydrogens (tertiary/aromatic N) is 1. The van der Waals surface area contributed by atoms with Crippen molar-refractivity contribution in [3.63, 3.8) is 0 Å². The maximum absolute atomic E-state index is 11.7. The van der Waals surface area contributed by atoms with Gasteiger partial charge in [-0.15, -0.1) is 0 Å². The van der Waals surface area contributed by atoms with Crippen LogP contribution in [0.4, 0.5) is 0 Å². The van der Waals surface area contributed by atoms with E-state index in [0.717, 1.165) is 5.52 Å². The van der Waals surface area contributed by atoms with E-state index in [1.807, 2.05) is 6.07 Å². The number of ether oxygens (including phenoxy) is 2. The van der Waals surface area contributed by atoms with Gasteiger partial charge in [-0.2, -0.15) is 5.26 Å². The Labute approximate surface area is 126 Å². The molecule has 1 heterocycles. The number of para-hydroxylation sites is 1. The van der Waals surface area contributed by atoms with E-state index in [0.29, 0.717) is 11.1 Å². The Kier molecular flexibility index (Phi) is 4.59. The molecular weight excluding hydrogens is 284 g/mol. The first-order valence-corrected chi connectivity index (χ1v) is 6.64. The average molecular weight is 298 g/mol. The molecule has 2 aromatic rings. The molecule has 0 atom stereocenters. The van der Waals surface area contributed by atoms with Crippen LogP contribution in [0.25, 0.3) is 17.0 Å². The molecule has 6 heteroatoms. The van der Waals surface area contributed by atoms with Crippen molar-refractivity contribution in [1.29, 1.82) is 5.26 Å². The quantitative estimate of drug-likeness (QED) is 0.532. The van der Waals surface area contributed by atoms with E-state index in [9.17, 15) is 9.59 Å². The third-order valence-electron chi connectivity index (χ3n) is 2.84. The SMILES string of the molecule is CCOC(=O)/C(C#N)=C/c1[nH]c2ccccc2c1OC(C)=O. The number of esters is 2. The number of fused-ring (bicyclic) bond motifs is 1. The molecule has 1 aromatic heterocycles. The fraction of sp³-hybridized carbons (Fsp3) is 0.188. The highest BCUT2D eigenvalue weighted by molar-refractivity contribution is 6.00. The van der Waals surface area contributed by atoms with Gasteiger partial charge < -0.3 is 14.5 Å². The molecule has 1 N–H and O–H groups in total. The molecule has 0 aliphatic carbocycles. The summed E-state index contributed by atoms with van der Waals surface area (Å²) in [6.07, 6.45) is 1.32. The highest BCUT2D eigenvalue weighted by Gasteiger charge is 2.16. The van der Waals surface area contributed by atoms with Crippen molar-refractivity contribution < 1.29 is 19.1 Å². The van der Waals surface area contributed by atoms with Crippen molar-refractivity contribution in [2.24, 2.45) is 0 Å². The Balaban J connectivity index is 2.56. The summed E-state index contributed by atoms with van der Waals surface area (Å²) in [5, 5.41) is 9.78. The Morgan fingerprint density at radius 3 is 2.73 bits per heavy atom. The van der Waals surface area contributed by atoms with E-state index in [2.05, 4.69) is 4.98 Å². The van der Waals surface area contributed by atoms with Crippen molar-refractivity contribution in [3.8, 4) is 11.8 Å². The first-order valence-electron chi connectivity index (χ1n) is 6.64. The monoisotopic (exact) mass is 298 g/mol. The summed E-state index contributed by atoms with van der Waals surface area (Å²) in [6, 6.07) is 8.98. The van der Waals surface area contributed by atoms with Gasteiger partial charge in [0.05, 0.1) is 12.3 Å². The summed E-state index contributed by atoms with van der Waals surface area (Å²) in [5.74, 6) is -0.938. The number of carbonyl (C=O) groups is 2. The summed E-state index contributed by atoms with van der Waals surface area (Å²) in [6.45, 7) is 3.10. The number of benzene rings is 1. The molecule has 112 valence electrons. The molecule has 0 amide bonds. The van der Waals surface area contributed by atoms with E-state index in [4.69, 9.17) is 14.7 Å². The maximum atomic E-state index is 11.7. The molecular formula is C16H14N2O4. The van der Waals surface area contributed by atoms with Crippen LogP contribution < -0.4 is 4.74 Å². The standard InChI is InChI=1S/C16H14N2O4/c1-3-21-16(20)11(9-17)8-14-15(22-10(2)19)12-6-4-5-7-13(12)18-14/h4-8,18H,3H2,1-2H3/b11-8+. The smallest absolute Gasteiger partial charge is 0.348 e. The molecule has 0 spiro atoms. The molecule has 2 rings (SSSR count). The Hall–Kier alpha value is -3.07. The third kappa shape index (κ3) is 3.15. The zero-order valence-corrected chi connectivity index (χ0v) is 12.2. The summed E-state index contributed by atoms with van der Waals surface area (Å²) < 4.78 is 10.0. The van der Waals surface area contributed by atoms with E-state index in [1.165, 1.54) is 13.0 Å². The fourth-order valence-electron chi connectivity index (χ4n) is 1.98. The van der Waals surface area contributed by atoms with Crippen LogP contribution in [0, 0.1) is 11.3 Å². The number of aromatic amines is 1. The summed E-state index contributed by atoms with van der Waals surface area (Å²) in [4.78, 5) is 26.0. The largest absolute Gasteiger partial charge is 0.462 e. The number of H-pyrrole nitrogens is 1. The zero-order valence-electron chi connectivity index (χ0n) is 12.2. The predicted molar refractivity (Wildman–Crippen MR) is 79.8 cm³/mol. The van der Waals surface area contributed by atoms with Crippen LogP contribution in [-0.2, 0) is 14.3 Å². The van der Waals surface area contributed by atoms with Crippen LogP contribution in [0.5, 0.6) is 5.75 Å². The van der Waals surface area contributed by atoms with Crippen molar-refractivity contribution in [3.05, 3.63) is 35.5 Å². The van der Waals surface area contributed by atoms with Gasteiger partial charge in [-0.25, -0.2) is 4.79 Å². The summed E-state index contributed by atoms with van der Waals surface area (Å²) in [7, 11) is 0. The van der Waals surface area contributed by atoms with E-state index in [1.54, 1.807) is 31.2 Å². The van der Waals surface area contributed by atoms with Crippen molar-refractivity contribution >= 4 is 28.9 Å². The van der Waals surface area contributed by atoms with E-state index < -0.39 is 11.9 Å². The molecule has 6 nitrogen and oxygen atoms in total. The highest BCUT2D eigenvalue weighted by Crippen LogP contribution is 2.31. The first kappa shape index (κ1) is 15.3. The number of rotatable bonds is 4. The molecule has 0 aliphatic heterocycles. The highest BCUT2D eigenvalue weighted by atomic mass is 16.5. The lowest BCUT2D eigenvalue weighted by Crippen LogP contribution is -2.06. The molecule has 0 bridgehead atoms. The number of hydrogen-bond acceptors (Lipinski definition) is 5. The van der Waals surface area contributed by atoms with E-state index in [-0.39, 0.29) is 17.9 Å². The Morgan fingerprint density at radius 1 is 1.36 bits per heavy atom. The molecule has 1 aromatic carbocycles. The average Bonchev–Trinajstić information content (AvgIpc) is 2.82. The lowest BCUT2D eigenvalue weighted by atomic mass is 10.2. The van der Waals surface area contributed by atoms with Gasteiger partial charge in [-0.3, -0.25) is 4.79 Å². The molecule has 0 aliphatic rings. The first-order chi connectivity index (χ1) is 10.6. The lowest BCUT2D eigenvalue weighted by molar-refractivity contribution is -0.138. The predicted octanol–water partition coefficient (Wildman–Crippen LogP) is 2.56. The second kappa shape index (κ2) is 6.59. The second-order valence-corrected chi connectivity index (χ2v) is 4.40. The van der Waals surface area contributed by atoms with Gasteiger partial charge in [0, 0.05) is 17.8 Å². The number of hydrogen-bond donors (Lipinski definition) is 1. The molecule has 0 radical (unpaired) electrons. The summed E-state index contributed by atoms with van der Waals surface area (Å²) in [5.41, 5.74) is 0.911.